The molecule has 0 aromatic heterocycles. The molecule has 2 aromatic rings. The van der Waals surface area contributed by atoms with Crippen LogP contribution < -0.4 is 10.5 Å². The summed E-state index contributed by atoms with van der Waals surface area (Å²) in [7, 11) is -3.86. The molecule has 0 saturated carbocycles. The maximum absolute atomic E-state index is 12.1. The Bertz CT molecular complexity index is 733. The summed E-state index contributed by atoms with van der Waals surface area (Å²) in [6.45, 7) is 0.0819. The quantitative estimate of drug-likeness (QED) is 0.753. The molecule has 0 aliphatic carbocycles. The van der Waals surface area contributed by atoms with Crippen LogP contribution in [-0.4, -0.2) is 19.8 Å². The van der Waals surface area contributed by atoms with Crippen molar-refractivity contribution in [1.29, 1.82) is 0 Å². The van der Waals surface area contributed by atoms with E-state index in [1.807, 2.05) is 18.2 Å². The van der Waals surface area contributed by atoms with Crippen LogP contribution in [0.2, 0.25) is 0 Å². The van der Waals surface area contributed by atoms with Crippen LogP contribution in [0.25, 0.3) is 0 Å². The van der Waals surface area contributed by atoms with E-state index >= 15 is 0 Å². The van der Waals surface area contributed by atoms with E-state index in [9.17, 15) is 13.2 Å². The van der Waals surface area contributed by atoms with Gasteiger partial charge >= 0.3 is 5.97 Å². The van der Waals surface area contributed by atoms with Crippen LogP contribution in [0.1, 0.15) is 12.0 Å². The van der Waals surface area contributed by atoms with Gasteiger partial charge < -0.3 is 10.5 Å². The molecule has 0 aliphatic heterocycles. The third-order valence-corrected chi connectivity index (χ3v) is 4.53. The van der Waals surface area contributed by atoms with Gasteiger partial charge in [0, 0.05) is 5.69 Å². The Morgan fingerprint density at radius 1 is 1.04 bits per heavy atom. The second-order valence-electron chi connectivity index (χ2n) is 4.90. The monoisotopic (exact) mass is 334 g/mol. The first-order valence-corrected chi connectivity index (χ1v) is 8.54. The van der Waals surface area contributed by atoms with Gasteiger partial charge in [0.25, 0.3) is 0 Å². The Kier molecular flexibility index (Phi) is 5.72. The van der Waals surface area contributed by atoms with E-state index in [1.54, 1.807) is 42.5 Å². The van der Waals surface area contributed by atoms with Crippen molar-refractivity contribution in [1.82, 2.24) is 0 Å². The number of benzene rings is 2. The number of nitrogens with two attached hydrogens (primary N) is 1. The van der Waals surface area contributed by atoms with Crippen molar-refractivity contribution < 1.29 is 17.9 Å². The fraction of sp³-hybridized carbons (Fsp3) is 0.188. The molecule has 1 unspecified atom stereocenters. The molecule has 3 N–H and O–H groups in total. The summed E-state index contributed by atoms with van der Waals surface area (Å²) in [5.74, 6) is -0.667. The van der Waals surface area contributed by atoms with Gasteiger partial charge in [0.1, 0.15) is 12.0 Å². The molecule has 0 radical (unpaired) electrons. The van der Waals surface area contributed by atoms with Gasteiger partial charge in [-0.25, -0.2) is 8.42 Å². The maximum atomic E-state index is 12.1. The number of esters is 1. The number of carbonyl (C=O) groups is 1. The number of carbonyl (C=O) groups excluding carboxylic acids is 1. The first kappa shape index (κ1) is 17.0. The highest BCUT2D eigenvalue weighted by Crippen LogP contribution is 2.11. The minimum atomic E-state index is -3.86. The van der Waals surface area contributed by atoms with E-state index in [4.69, 9.17) is 10.5 Å². The molecular formula is C16H18N2O4S. The van der Waals surface area contributed by atoms with E-state index in [0.29, 0.717) is 5.69 Å². The average molecular weight is 334 g/mol. The van der Waals surface area contributed by atoms with Crippen molar-refractivity contribution in [3.05, 3.63) is 66.2 Å². The van der Waals surface area contributed by atoms with Crippen LogP contribution in [0.15, 0.2) is 60.7 Å². The van der Waals surface area contributed by atoms with Crippen molar-refractivity contribution >= 4 is 21.7 Å². The summed E-state index contributed by atoms with van der Waals surface area (Å²) >= 11 is 0. The fourth-order valence-corrected chi connectivity index (χ4v) is 2.79. The summed E-state index contributed by atoms with van der Waals surface area (Å²) in [6.07, 6.45) is -0.422. The molecular weight excluding hydrogens is 316 g/mol. The van der Waals surface area contributed by atoms with E-state index in [0.717, 1.165) is 5.56 Å². The third-order valence-electron chi connectivity index (χ3n) is 3.04. The lowest BCUT2D eigenvalue weighted by Gasteiger charge is -2.14. The third kappa shape index (κ3) is 5.39. The zero-order valence-electron chi connectivity index (χ0n) is 12.4. The largest absolute Gasteiger partial charge is 0.461 e. The summed E-state index contributed by atoms with van der Waals surface area (Å²) in [5.41, 5.74) is 6.83. The standard InChI is InChI=1S/C16H18N2O4S/c17-15(23(20,21)18-14-9-5-2-6-10-14)11-16(19)22-12-13-7-3-1-4-8-13/h1-10,15,18H,11-12,17H2. The molecule has 2 aromatic carbocycles. The van der Waals surface area contributed by atoms with Crippen LogP contribution in [0.5, 0.6) is 0 Å². The van der Waals surface area contributed by atoms with E-state index in [1.165, 1.54) is 0 Å². The van der Waals surface area contributed by atoms with E-state index in [-0.39, 0.29) is 6.61 Å². The van der Waals surface area contributed by atoms with Crippen LogP contribution >= 0.6 is 0 Å². The fourth-order valence-electron chi connectivity index (χ4n) is 1.82. The number of para-hydroxylation sites is 1. The van der Waals surface area contributed by atoms with Crippen molar-refractivity contribution in [3.63, 3.8) is 0 Å². The molecule has 0 spiro atoms. The maximum Gasteiger partial charge on any atom is 0.308 e. The lowest BCUT2D eigenvalue weighted by atomic mass is 10.2. The smallest absolute Gasteiger partial charge is 0.308 e. The van der Waals surface area contributed by atoms with Gasteiger partial charge in [-0.1, -0.05) is 48.5 Å². The first-order valence-electron chi connectivity index (χ1n) is 6.99. The topological polar surface area (TPSA) is 98.5 Å². The normalized spacial score (nSPS) is 12.4. The molecule has 0 bridgehead atoms. The Morgan fingerprint density at radius 2 is 1.61 bits per heavy atom. The van der Waals surface area contributed by atoms with E-state index in [2.05, 4.69) is 4.72 Å². The number of rotatable bonds is 7. The number of anilines is 1. The van der Waals surface area contributed by atoms with Crippen LogP contribution in [0.4, 0.5) is 5.69 Å². The Morgan fingerprint density at radius 3 is 2.22 bits per heavy atom. The minimum absolute atomic E-state index is 0.0819. The number of hydrogen-bond donors (Lipinski definition) is 2. The van der Waals surface area contributed by atoms with Gasteiger partial charge in [0.2, 0.25) is 10.0 Å². The molecule has 7 heteroatoms. The second kappa shape index (κ2) is 7.75. The zero-order chi connectivity index (χ0) is 16.7. The molecule has 2 rings (SSSR count). The molecule has 0 amide bonds. The molecule has 0 fully saturated rings. The predicted octanol–water partition coefficient (Wildman–Crippen LogP) is 1.85. The van der Waals surface area contributed by atoms with Crippen molar-refractivity contribution in [2.45, 2.75) is 18.4 Å². The van der Waals surface area contributed by atoms with Crippen molar-refractivity contribution in [2.75, 3.05) is 4.72 Å². The summed E-state index contributed by atoms with van der Waals surface area (Å²) in [6, 6.07) is 17.4. The van der Waals surface area contributed by atoms with Gasteiger partial charge in [-0.15, -0.1) is 0 Å². The molecule has 122 valence electrons. The summed E-state index contributed by atoms with van der Waals surface area (Å²) in [5, 5.41) is -1.38. The molecule has 23 heavy (non-hydrogen) atoms. The van der Waals surface area contributed by atoms with Crippen LogP contribution in [0.3, 0.4) is 0 Å². The Hall–Kier alpha value is -2.38. The first-order chi connectivity index (χ1) is 11.0. The van der Waals surface area contributed by atoms with Gasteiger partial charge in [-0.3, -0.25) is 9.52 Å². The van der Waals surface area contributed by atoms with Crippen molar-refractivity contribution in [3.8, 4) is 0 Å². The predicted molar refractivity (Wildman–Crippen MR) is 87.8 cm³/mol. The molecule has 0 heterocycles. The molecule has 1 atom stereocenters. The van der Waals surface area contributed by atoms with Gasteiger partial charge in [0.05, 0.1) is 6.42 Å². The number of ether oxygens (including phenoxy) is 1. The second-order valence-corrected chi connectivity index (χ2v) is 6.80. The minimum Gasteiger partial charge on any atom is -0.461 e. The average Bonchev–Trinajstić information content (AvgIpc) is 2.54. The van der Waals surface area contributed by atoms with Crippen LogP contribution in [0, 0.1) is 0 Å². The lowest BCUT2D eigenvalue weighted by molar-refractivity contribution is -0.144. The van der Waals surface area contributed by atoms with E-state index < -0.39 is 27.8 Å². The Labute approximate surface area is 135 Å². The van der Waals surface area contributed by atoms with Gasteiger partial charge in [-0.05, 0) is 17.7 Å². The number of sulfonamides is 1. The summed E-state index contributed by atoms with van der Waals surface area (Å²) < 4.78 is 31.5. The van der Waals surface area contributed by atoms with Crippen molar-refractivity contribution in [2.24, 2.45) is 5.73 Å². The van der Waals surface area contributed by atoms with Gasteiger partial charge in [-0.2, -0.15) is 0 Å². The van der Waals surface area contributed by atoms with Crippen LogP contribution in [-0.2, 0) is 26.2 Å². The highest BCUT2D eigenvalue weighted by molar-refractivity contribution is 7.93. The molecule has 0 aliphatic rings. The Balaban J connectivity index is 1.87. The number of nitrogens with one attached hydrogen (secondary N) is 1. The molecule has 0 saturated heterocycles. The lowest BCUT2D eigenvalue weighted by Crippen LogP contribution is -2.37. The SMILES string of the molecule is NC(CC(=O)OCc1ccccc1)S(=O)(=O)Nc1ccccc1. The summed E-state index contributed by atoms with van der Waals surface area (Å²) in [4.78, 5) is 11.7. The highest BCUT2D eigenvalue weighted by atomic mass is 32.2. The molecule has 6 nitrogen and oxygen atoms in total. The van der Waals surface area contributed by atoms with Gasteiger partial charge in [0.15, 0.2) is 0 Å². The number of hydrogen-bond acceptors (Lipinski definition) is 5. The highest BCUT2D eigenvalue weighted by Gasteiger charge is 2.25. The zero-order valence-corrected chi connectivity index (χ0v) is 13.2.